The minimum atomic E-state index is 0.315. The fourth-order valence-electron chi connectivity index (χ4n) is 2.03. The molecule has 20 heavy (non-hydrogen) atoms. The summed E-state index contributed by atoms with van der Waals surface area (Å²) in [5, 5.41) is 0. The van der Waals surface area contributed by atoms with Crippen molar-refractivity contribution in [3.05, 3.63) is 51.5 Å². The lowest BCUT2D eigenvalue weighted by atomic mass is 10.1. The van der Waals surface area contributed by atoms with E-state index >= 15 is 0 Å². The number of halogens is 1. The first-order chi connectivity index (χ1) is 9.63. The van der Waals surface area contributed by atoms with Gasteiger partial charge in [0.2, 0.25) is 6.79 Å². The summed E-state index contributed by atoms with van der Waals surface area (Å²) in [5.74, 6) is 2.56. The van der Waals surface area contributed by atoms with Gasteiger partial charge < -0.3 is 9.47 Å². The van der Waals surface area contributed by atoms with Gasteiger partial charge in [-0.2, -0.15) is 0 Å². The minimum Gasteiger partial charge on any atom is -0.454 e. The van der Waals surface area contributed by atoms with Gasteiger partial charge in [0.25, 0.3) is 0 Å². The first-order valence-electron chi connectivity index (χ1n) is 6.41. The molecule has 0 atom stereocenters. The molecular weight excluding hydrogens is 336 g/mol. The van der Waals surface area contributed by atoms with Gasteiger partial charge in [0.1, 0.15) is 0 Å². The van der Waals surface area contributed by atoms with E-state index in [1.165, 1.54) is 21.6 Å². The third kappa shape index (κ3) is 2.81. The first-order valence-corrected chi connectivity index (χ1v) is 8.19. The zero-order valence-electron chi connectivity index (χ0n) is 11.4. The fourth-order valence-corrected chi connectivity index (χ4v) is 3.67. The standard InChI is InChI=1S/C16H15BrO2S/c1-10-3-4-13(5-11(10)2)20-8-12-6-15-16(7-14(12)17)19-9-18-15/h3-7H,8-9H2,1-2H3. The smallest absolute Gasteiger partial charge is 0.231 e. The van der Waals surface area contributed by atoms with Crippen molar-refractivity contribution in [3.63, 3.8) is 0 Å². The monoisotopic (exact) mass is 350 g/mol. The Morgan fingerprint density at radius 3 is 2.55 bits per heavy atom. The third-order valence-electron chi connectivity index (χ3n) is 3.41. The molecule has 0 bridgehead atoms. The highest BCUT2D eigenvalue weighted by Crippen LogP contribution is 2.39. The van der Waals surface area contributed by atoms with Crippen molar-refractivity contribution in [2.75, 3.05) is 6.79 Å². The predicted molar refractivity (Wildman–Crippen MR) is 85.7 cm³/mol. The van der Waals surface area contributed by atoms with Crippen LogP contribution in [0.1, 0.15) is 16.7 Å². The minimum absolute atomic E-state index is 0.315. The van der Waals surface area contributed by atoms with Gasteiger partial charge in [0.05, 0.1) is 0 Å². The van der Waals surface area contributed by atoms with Crippen LogP contribution in [0.5, 0.6) is 11.5 Å². The molecule has 0 N–H and O–H groups in total. The largest absolute Gasteiger partial charge is 0.454 e. The molecule has 0 aromatic heterocycles. The molecule has 1 aliphatic heterocycles. The Balaban J connectivity index is 1.76. The number of ether oxygens (including phenoxy) is 2. The molecular formula is C16H15BrO2S. The fraction of sp³-hybridized carbons (Fsp3) is 0.250. The quantitative estimate of drug-likeness (QED) is 0.718. The van der Waals surface area contributed by atoms with Crippen LogP contribution in [-0.4, -0.2) is 6.79 Å². The number of fused-ring (bicyclic) bond motifs is 1. The van der Waals surface area contributed by atoms with Crippen LogP contribution in [0.4, 0.5) is 0 Å². The van der Waals surface area contributed by atoms with Crippen molar-refractivity contribution < 1.29 is 9.47 Å². The van der Waals surface area contributed by atoms with Gasteiger partial charge in [-0.25, -0.2) is 0 Å². The summed E-state index contributed by atoms with van der Waals surface area (Å²) in [7, 11) is 0. The number of thioether (sulfide) groups is 1. The molecule has 1 aliphatic rings. The Kier molecular flexibility index (Phi) is 3.94. The van der Waals surface area contributed by atoms with Gasteiger partial charge >= 0.3 is 0 Å². The van der Waals surface area contributed by atoms with Crippen LogP contribution < -0.4 is 9.47 Å². The number of benzene rings is 2. The Morgan fingerprint density at radius 2 is 1.80 bits per heavy atom. The molecule has 0 aliphatic carbocycles. The predicted octanol–water partition coefficient (Wildman–Crippen LogP) is 5.09. The molecule has 0 radical (unpaired) electrons. The topological polar surface area (TPSA) is 18.5 Å². The van der Waals surface area contributed by atoms with E-state index in [0.717, 1.165) is 21.7 Å². The lowest BCUT2D eigenvalue weighted by Gasteiger charge is -2.08. The number of rotatable bonds is 3. The highest BCUT2D eigenvalue weighted by molar-refractivity contribution is 9.10. The highest BCUT2D eigenvalue weighted by atomic mass is 79.9. The van der Waals surface area contributed by atoms with Crippen LogP contribution in [0.25, 0.3) is 0 Å². The van der Waals surface area contributed by atoms with E-state index in [-0.39, 0.29) is 0 Å². The summed E-state index contributed by atoms with van der Waals surface area (Å²) < 4.78 is 11.9. The highest BCUT2D eigenvalue weighted by Gasteiger charge is 2.16. The Hall–Kier alpha value is -1.13. The van der Waals surface area contributed by atoms with Crippen molar-refractivity contribution in [2.45, 2.75) is 24.5 Å². The second kappa shape index (κ2) is 5.70. The van der Waals surface area contributed by atoms with E-state index in [9.17, 15) is 0 Å². The second-order valence-corrected chi connectivity index (χ2v) is 6.73. The maximum absolute atomic E-state index is 5.43. The van der Waals surface area contributed by atoms with E-state index in [2.05, 4.69) is 54.0 Å². The van der Waals surface area contributed by atoms with Gasteiger partial charge in [-0.1, -0.05) is 22.0 Å². The molecule has 1 heterocycles. The van der Waals surface area contributed by atoms with Gasteiger partial charge in [-0.05, 0) is 54.8 Å². The van der Waals surface area contributed by atoms with E-state index < -0.39 is 0 Å². The molecule has 2 nitrogen and oxygen atoms in total. The Morgan fingerprint density at radius 1 is 1.05 bits per heavy atom. The Labute approximate surface area is 131 Å². The van der Waals surface area contributed by atoms with Gasteiger partial charge in [-0.3, -0.25) is 0 Å². The lowest BCUT2D eigenvalue weighted by Crippen LogP contribution is -1.92. The molecule has 0 spiro atoms. The summed E-state index contributed by atoms with van der Waals surface area (Å²) in [6.07, 6.45) is 0. The zero-order chi connectivity index (χ0) is 14.1. The molecule has 0 unspecified atom stereocenters. The second-order valence-electron chi connectivity index (χ2n) is 4.83. The van der Waals surface area contributed by atoms with Crippen LogP contribution >= 0.6 is 27.7 Å². The van der Waals surface area contributed by atoms with Crippen molar-refractivity contribution >= 4 is 27.7 Å². The molecule has 2 aromatic carbocycles. The van der Waals surface area contributed by atoms with E-state index in [1.54, 1.807) is 0 Å². The molecule has 104 valence electrons. The normalized spacial score (nSPS) is 12.8. The number of aryl methyl sites for hydroxylation is 2. The summed E-state index contributed by atoms with van der Waals surface area (Å²) >= 11 is 5.43. The van der Waals surface area contributed by atoms with Crippen LogP contribution in [-0.2, 0) is 5.75 Å². The van der Waals surface area contributed by atoms with E-state index in [0.29, 0.717) is 6.79 Å². The maximum Gasteiger partial charge on any atom is 0.231 e. The summed E-state index contributed by atoms with van der Waals surface area (Å²) in [6, 6.07) is 10.6. The van der Waals surface area contributed by atoms with Crippen LogP contribution in [0.3, 0.4) is 0 Å². The molecule has 0 amide bonds. The first kappa shape index (κ1) is 13.8. The van der Waals surface area contributed by atoms with Crippen molar-refractivity contribution in [1.82, 2.24) is 0 Å². The molecule has 0 saturated carbocycles. The molecule has 0 saturated heterocycles. The summed E-state index contributed by atoms with van der Waals surface area (Å²) in [6.45, 7) is 4.60. The molecule has 3 rings (SSSR count). The SMILES string of the molecule is Cc1ccc(SCc2cc3c(cc2Br)OCO3)cc1C. The average Bonchev–Trinajstić information content (AvgIpc) is 2.87. The van der Waals surface area contributed by atoms with Crippen molar-refractivity contribution in [1.29, 1.82) is 0 Å². The molecule has 4 heteroatoms. The number of hydrogen-bond donors (Lipinski definition) is 0. The van der Waals surface area contributed by atoms with E-state index in [4.69, 9.17) is 9.47 Å². The lowest BCUT2D eigenvalue weighted by molar-refractivity contribution is 0.174. The summed E-state index contributed by atoms with van der Waals surface area (Å²) in [4.78, 5) is 1.29. The van der Waals surface area contributed by atoms with Crippen molar-refractivity contribution in [3.8, 4) is 11.5 Å². The van der Waals surface area contributed by atoms with Gasteiger partial charge in [0, 0.05) is 15.1 Å². The van der Waals surface area contributed by atoms with Crippen LogP contribution in [0.15, 0.2) is 39.7 Å². The van der Waals surface area contributed by atoms with Gasteiger partial charge in [0.15, 0.2) is 11.5 Å². The van der Waals surface area contributed by atoms with Crippen LogP contribution in [0.2, 0.25) is 0 Å². The third-order valence-corrected chi connectivity index (χ3v) is 5.20. The van der Waals surface area contributed by atoms with E-state index in [1.807, 2.05) is 17.8 Å². The zero-order valence-corrected chi connectivity index (χ0v) is 13.8. The molecule has 2 aromatic rings. The van der Waals surface area contributed by atoms with Crippen molar-refractivity contribution in [2.24, 2.45) is 0 Å². The summed E-state index contributed by atoms with van der Waals surface area (Å²) in [5.41, 5.74) is 3.89. The molecule has 0 fully saturated rings. The maximum atomic E-state index is 5.43. The Bertz CT molecular complexity index is 655. The van der Waals surface area contributed by atoms with Gasteiger partial charge in [-0.15, -0.1) is 11.8 Å². The van der Waals surface area contributed by atoms with Crippen LogP contribution in [0, 0.1) is 13.8 Å². The number of hydrogen-bond acceptors (Lipinski definition) is 3. The average molecular weight is 351 g/mol.